The topological polar surface area (TPSA) is 66.4 Å². The van der Waals surface area contributed by atoms with Crippen molar-refractivity contribution in [2.24, 2.45) is 17.8 Å². The zero-order valence-electron chi connectivity index (χ0n) is 12.3. The third-order valence-electron chi connectivity index (χ3n) is 5.07. The van der Waals surface area contributed by atoms with Gasteiger partial charge in [-0.25, -0.2) is 13.1 Å². The van der Waals surface area contributed by atoms with Gasteiger partial charge < -0.3 is 5.11 Å². The molecule has 2 saturated carbocycles. The van der Waals surface area contributed by atoms with Crippen molar-refractivity contribution in [2.45, 2.75) is 43.6 Å². The number of sulfonamides is 1. The number of aliphatic hydroxyl groups is 1. The van der Waals surface area contributed by atoms with Gasteiger partial charge in [-0.15, -0.1) is 0 Å². The molecule has 4 atom stereocenters. The Hall–Kier alpha value is -0.910. The summed E-state index contributed by atoms with van der Waals surface area (Å²) in [6, 6.07) is 6.54. The zero-order chi connectivity index (χ0) is 15.0. The molecule has 2 N–H and O–H groups in total. The molecule has 0 heterocycles. The fourth-order valence-corrected chi connectivity index (χ4v) is 5.02. The summed E-state index contributed by atoms with van der Waals surface area (Å²) in [4.78, 5) is 0.240. The van der Waals surface area contributed by atoms with Gasteiger partial charge in [0.25, 0.3) is 0 Å². The molecule has 0 amide bonds. The van der Waals surface area contributed by atoms with Crippen molar-refractivity contribution < 1.29 is 13.5 Å². The van der Waals surface area contributed by atoms with Crippen LogP contribution in [-0.2, 0) is 10.0 Å². The van der Waals surface area contributed by atoms with Gasteiger partial charge in [-0.1, -0.05) is 18.6 Å². The fraction of sp³-hybridized carbons (Fsp3) is 0.625. The van der Waals surface area contributed by atoms with E-state index in [1.54, 1.807) is 31.2 Å². The lowest BCUT2D eigenvalue weighted by Crippen LogP contribution is -2.31. The van der Waals surface area contributed by atoms with Gasteiger partial charge in [-0.05, 0) is 61.6 Å². The molecule has 0 aliphatic heterocycles. The maximum Gasteiger partial charge on any atom is 0.240 e. The maximum absolute atomic E-state index is 12.4. The van der Waals surface area contributed by atoms with Crippen molar-refractivity contribution in [3.05, 3.63) is 29.8 Å². The summed E-state index contributed by atoms with van der Waals surface area (Å²) >= 11 is 0. The van der Waals surface area contributed by atoms with Gasteiger partial charge in [0.2, 0.25) is 10.0 Å². The van der Waals surface area contributed by atoms with Gasteiger partial charge in [0.05, 0.1) is 11.0 Å². The standard InChI is InChI=1S/C16H23NO3S/c1-11(18)13-3-2-4-16(9-13)21(19,20)17-10-15-8-12-5-6-14(15)7-12/h2-4,9,11-12,14-15,17-18H,5-8,10H2,1H3. The summed E-state index contributed by atoms with van der Waals surface area (Å²) in [5.41, 5.74) is 0.623. The Morgan fingerprint density at radius 2 is 2.14 bits per heavy atom. The SMILES string of the molecule is CC(O)c1cccc(S(=O)(=O)NCC2CC3CCC2C3)c1. The van der Waals surface area contributed by atoms with Gasteiger partial charge in [0.15, 0.2) is 0 Å². The summed E-state index contributed by atoms with van der Waals surface area (Å²) in [5, 5.41) is 9.57. The average molecular weight is 309 g/mol. The lowest BCUT2D eigenvalue weighted by molar-refractivity contribution is 0.199. The molecule has 2 aliphatic carbocycles. The minimum atomic E-state index is -3.48. The Kier molecular flexibility index (Phi) is 4.08. The van der Waals surface area contributed by atoms with Crippen LogP contribution in [0.4, 0.5) is 0 Å². The van der Waals surface area contributed by atoms with Gasteiger partial charge in [-0.3, -0.25) is 0 Å². The van der Waals surface area contributed by atoms with E-state index in [4.69, 9.17) is 0 Å². The molecule has 4 unspecified atom stereocenters. The van der Waals surface area contributed by atoms with E-state index in [1.165, 1.54) is 25.7 Å². The van der Waals surface area contributed by atoms with E-state index in [9.17, 15) is 13.5 Å². The van der Waals surface area contributed by atoms with Crippen LogP contribution < -0.4 is 4.72 Å². The van der Waals surface area contributed by atoms with Crippen LogP contribution in [0.2, 0.25) is 0 Å². The predicted molar refractivity (Wildman–Crippen MR) is 81.2 cm³/mol. The average Bonchev–Trinajstić information content (AvgIpc) is 3.08. The first-order chi connectivity index (χ1) is 9.95. The quantitative estimate of drug-likeness (QED) is 0.878. The minimum absolute atomic E-state index is 0.240. The highest BCUT2D eigenvalue weighted by Gasteiger charge is 2.39. The molecule has 2 bridgehead atoms. The Bertz CT molecular complexity index is 612. The molecular weight excluding hydrogens is 286 g/mol. The second-order valence-electron chi connectivity index (χ2n) is 6.54. The van der Waals surface area contributed by atoms with Crippen molar-refractivity contribution in [1.29, 1.82) is 0 Å². The fourth-order valence-electron chi connectivity index (χ4n) is 3.87. The number of aliphatic hydroxyl groups excluding tert-OH is 1. The lowest BCUT2D eigenvalue weighted by atomic mass is 9.89. The summed E-state index contributed by atoms with van der Waals surface area (Å²) in [5.74, 6) is 2.03. The highest BCUT2D eigenvalue weighted by atomic mass is 32.2. The highest BCUT2D eigenvalue weighted by Crippen LogP contribution is 2.48. The number of fused-ring (bicyclic) bond motifs is 2. The number of rotatable bonds is 5. The molecule has 2 fully saturated rings. The molecule has 4 nitrogen and oxygen atoms in total. The molecule has 1 aromatic rings. The van der Waals surface area contributed by atoms with Crippen LogP contribution in [0.5, 0.6) is 0 Å². The summed E-state index contributed by atoms with van der Waals surface area (Å²) in [6.45, 7) is 2.18. The van der Waals surface area contributed by atoms with E-state index in [0.29, 0.717) is 23.9 Å². The molecule has 21 heavy (non-hydrogen) atoms. The molecule has 0 radical (unpaired) electrons. The lowest BCUT2D eigenvalue weighted by Gasteiger charge is -2.21. The number of benzene rings is 1. The van der Waals surface area contributed by atoms with E-state index in [-0.39, 0.29) is 4.90 Å². The van der Waals surface area contributed by atoms with Crippen molar-refractivity contribution in [3.63, 3.8) is 0 Å². The van der Waals surface area contributed by atoms with E-state index >= 15 is 0 Å². The molecule has 0 saturated heterocycles. The molecule has 1 aromatic carbocycles. The van der Waals surface area contributed by atoms with Crippen molar-refractivity contribution >= 4 is 10.0 Å². The first kappa shape index (κ1) is 15.0. The predicted octanol–water partition coefficient (Wildman–Crippen LogP) is 2.45. The van der Waals surface area contributed by atoms with Gasteiger partial charge in [0, 0.05) is 6.54 Å². The molecule has 2 aliphatic rings. The van der Waals surface area contributed by atoms with Crippen LogP contribution in [0.1, 0.15) is 44.3 Å². The zero-order valence-corrected chi connectivity index (χ0v) is 13.1. The maximum atomic E-state index is 12.4. The van der Waals surface area contributed by atoms with E-state index in [2.05, 4.69) is 4.72 Å². The van der Waals surface area contributed by atoms with Crippen LogP contribution in [0.3, 0.4) is 0 Å². The second-order valence-corrected chi connectivity index (χ2v) is 8.30. The Balaban J connectivity index is 1.68. The largest absolute Gasteiger partial charge is 0.389 e. The Morgan fingerprint density at radius 3 is 2.76 bits per heavy atom. The molecule has 3 rings (SSSR count). The van der Waals surface area contributed by atoms with Crippen LogP contribution in [0, 0.1) is 17.8 Å². The number of hydrogen-bond donors (Lipinski definition) is 2. The minimum Gasteiger partial charge on any atom is -0.389 e. The van der Waals surface area contributed by atoms with Crippen molar-refractivity contribution in [1.82, 2.24) is 4.72 Å². The van der Waals surface area contributed by atoms with Crippen LogP contribution in [0.25, 0.3) is 0 Å². The Labute approximate surface area is 126 Å². The normalized spacial score (nSPS) is 29.7. The monoisotopic (exact) mass is 309 g/mol. The third kappa shape index (κ3) is 3.15. The van der Waals surface area contributed by atoms with Crippen LogP contribution in [-0.4, -0.2) is 20.1 Å². The van der Waals surface area contributed by atoms with Gasteiger partial charge in [-0.2, -0.15) is 0 Å². The van der Waals surface area contributed by atoms with E-state index in [1.807, 2.05) is 0 Å². The first-order valence-corrected chi connectivity index (χ1v) is 9.21. The Morgan fingerprint density at radius 1 is 1.33 bits per heavy atom. The van der Waals surface area contributed by atoms with Crippen molar-refractivity contribution in [2.75, 3.05) is 6.54 Å². The molecule has 0 aromatic heterocycles. The smallest absolute Gasteiger partial charge is 0.240 e. The van der Waals surface area contributed by atoms with Crippen LogP contribution >= 0.6 is 0 Å². The van der Waals surface area contributed by atoms with E-state index in [0.717, 1.165) is 5.92 Å². The van der Waals surface area contributed by atoms with Crippen LogP contribution in [0.15, 0.2) is 29.2 Å². The number of nitrogens with one attached hydrogen (secondary N) is 1. The van der Waals surface area contributed by atoms with Crippen molar-refractivity contribution in [3.8, 4) is 0 Å². The summed E-state index contributed by atoms with van der Waals surface area (Å²) in [6.07, 6.45) is 4.37. The summed E-state index contributed by atoms with van der Waals surface area (Å²) in [7, 11) is -3.48. The number of hydrogen-bond acceptors (Lipinski definition) is 3. The molecule has 5 heteroatoms. The second kappa shape index (κ2) is 5.71. The first-order valence-electron chi connectivity index (χ1n) is 7.73. The summed E-state index contributed by atoms with van der Waals surface area (Å²) < 4.78 is 27.5. The van der Waals surface area contributed by atoms with E-state index < -0.39 is 16.1 Å². The molecule has 0 spiro atoms. The molecular formula is C16H23NO3S. The highest BCUT2D eigenvalue weighted by molar-refractivity contribution is 7.89. The third-order valence-corrected chi connectivity index (χ3v) is 6.49. The molecule has 116 valence electrons. The van der Waals surface area contributed by atoms with Gasteiger partial charge in [0.1, 0.15) is 0 Å². The van der Waals surface area contributed by atoms with Gasteiger partial charge >= 0.3 is 0 Å².